The Morgan fingerprint density at radius 1 is 1.29 bits per heavy atom. The molecule has 2 fully saturated rings. The highest BCUT2D eigenvalue weighted by atomic mass is 16.4. The van der Waals surface area contributed by atoms with Gasteiger partial charge in [0.1, 0.15) is 5.54 Å². The first-order chi connectivity index (χ1) is 11.5. The molecule has 0 aromatic heterocycles. The second kappa shape index (κ2) is 6.99. The molecular formula is C17H28N4O3. The molecule has 3 rings (SSSR count). The highest BCUT2D eigenvalue weighted by Crippen LogP contribution is 2.31. The molecule has 134 valence electrons. The molecule has 7 nitrogen and oxygen atoms in total. The first-order valence-electron chi connectivity index (χ1n) is 9.18. The van der Waals surface area contributed by atoms with Crippen LogP contribution in [0, 0.1) is 5.92 Å². The Morgan fingerprint density at radius 2 is 1.96 bits per heavy atom. The Balaban J connectivity index is 1.58. The largest absolute Gasteiger partial charge is 0.465 e. The van der Waals surface area contributed by atoms with Crippen LogP contribution in [0.1, 0.15) is 51.9 Å². The Hall–Kier alpha value is -1.79. The van der Waals surface area contributed by atoms with Crippen LogP contribution < -0.4 is 5.32 Å². The summed E-state index contributed by atoms with van der Waals surface area (Å²) in [6.45, 7) is 4.87. The van der Waals surface area contributed by atoms with Crippen LogP contribution in [0.25, 0.3) is 0 Å². The highest BCUT2D eigenvalue weighted by Gasteiger charge is 2.47. The summed E-state index contributed by atoms with van der Waals surface area (Å²) in [7, 11) is 0. The quantitative estimate of drug-likeness (QED) is 0.824. The number of unbranched alkanes of at least 4 members (excludes halogenated alkanes) is 1. The molecule has 2 amide bonds. The van der Waals surface area contributed by atoms with Crippen molar-refractivity contribution in [2.75, 3.05) is 26.2 Å². The number of carbonyl (C=O) groups excluding carboxylic acids is 1. The predicted molar refractivity (Wildman–Crippen MR) is 91.0 cm³/mol. The Labute approximate surface area is 143 Å². The molecule has 0 aliphatic carbocycles. The van der Waals surface area contributed by atoms with Crippen LogP contribution >= 0.6 is 0 Å². The van der Waals surface area contributed by atoms with E-state index >= 15 is 0 Å². The summed E-state index contributed by atoms with van der Waals surface area (Å²) in [5, 5.41) is 12.0. The number of carboxylic acid groups (broad SMARTS) is 1. The standard InChI is InChI=1S/C17H28N4O3/c1-2-3-4-13-5-9-20(10-6-13)15-18-14(22)17(19-15)7-11-21(12-8-17)16(23)24/h13H,2-12H2,1H3,(H,23,24)(H,18,19,22). The average Bonchev–Trinajstić information content (AvgIpc) is 2.90. The van der Waals surface area contributed by atoms with Crippen molar-refractivity contribution in [2.24, 2.45) is 10.9 Å². The summed E-state index contributed by atoms with van der Waals surface area (Å²) >= 11 is 0. The first-order valence-corrected chi connectivity index (χ1v) is 9.18. The zero-order chi connectivity index (χ0) is 17.2. The molecule has 24 heavy (non-hydrogen) atoms. The number of likely N-dealkylation sites (tertiary alicyclic amines) is 2. The molecular weight excluding hydrogens is 308 g/mol. The number of nitrogens with zero attached hydrogens (tertiary/aromatic N) is 3. The fraction of sp³-hybridized carbons (Fsp3) is 0.824. The maximum atomic E-state index is 12.5. The zero-order valence-corrected chi connectivity index (χ0v) is 14.5. The molecule has 3 aliphatic rings. The van der Waals surface area contributed by atoms with Gasteiger partial charge in [-0.1, -0.05) is 26.2 Å². The molecule has 0 unspecified atom stereocenters. The lowest BCUT2D eigenvalue weighted by atomic mass is 9.88. The van der Waals surface area contributed by atoms with E-state index in [1.54, 1.807) is 0 Å². The summed E-state index contributed by atoms with van der Waals surface area (Å²) in [4.78, 5) is 31.8. The van der Waals surface area contributed by atoms with Crippen molar-refractivity contribution in [1.29, 1.82) is 0 Å². The summed E-state index contributed by atoms with van der Waals surface area (Å²) in [5.74, 6) is 1.44. The van der Waals surface area contributed by atoms with Gasteiger partial charge in [-0.2, -0.15) is 0 Å². The van der Waals surface area contributed by atoms with E-state index in [4.69, 9.17) is 10.1 Å². The van der Waals surface area contributed by atoms with Crippen molar-refractivity contribution >= 4 is 18.0 Å². The predicted octanol–water partition coefficient (Wildman–Crippen LogP) is 1.89. The Bertz CT molecular complexity index is 518. The highest BCUT2D eigenvalue weighted by molar-refractivity contribution is 6.07. The van der Waals surface area contributed by atoms with Crippen LogP contribution in [0.4, 0.5) is 4.79 Å². The van der Waals surface area contributed by atoms with Crippen LogP contribution in [-0.4, -0.2) is 64.6 Å². The molecule has 3 heterocycles. The van der Waals surface area contributed by atoms with Gasteiger partial charge in [-0.05, 0) is 31.6 Å². The molecule has 0 bridgehead atoms. The van der Waals surface area contributed by atoms with Crippen molar-refractivity contribution in [1.82, 2.24) is 15.1 Å². The number of nitrogens with one attached hydrogen (secondary N) is 1. The minimum atomic E-state index is -0.915. The molecule has 7 heteroatoms. The summed E-state index contributed by atoms with van der Waals surface area (Å²) in [5.41, 5.74) is -0.750. The monoisotopic (exact) mass is 336 g/mol. The maximum Gasteiger partial charge on any atom is 0.407 e. The van der Waals surface area contributed by atoms with Crippen LogP contribution in [0.3, 0.4) is 0 Å². The molecule has 0 aromatic rings. The second-order valence-electron chi connectivity index (χ2n) is 7.26. The summed E-state index contributed by atoms with van der Waals surface area (Å²) in [6, 6.07) is 0. The molecule has 0 atom stereocenters. The summed E-state index contributed by atoms with van der Waals surface area (Å²) in [6.07, 6.45) is 6.20. The molecule has 0 saturated carbocycles. The topological polar surface area (TPSA) is 85.2 Å². The van der Waals surface area contributed by atoms with E-state index in [2.05, 4.69) is 17.1 Å². The summed E-state index contributed by atoms with van der Waals surface area (Å²) < 4.78 is 0. The third-order valence-corrected chi connectivity index (χ3v) is 5.71. The van der Waals surface area contributed by atoms with Gasteiger partial charge in [0.2, 0.25) is 5.96 Å². The second-order valence-corrected chi connectivity index (χ2v) is 7.26. The van der Waals surface area contributed by atoms with E-state index < -0.39 is 11.6 Å². The maximum absolute atomic E-state index is 12.5. The van der Waals surface area contributed by atoms with Gasteiger partial charge in [-0.15, -0.1) is 0 Å². The lowest BCUT2D eigenvalue weighted by Crippen LogP contribution is -2.50. The number of hydrogen-bond acceptors (Lipinski definition) is 4. The zero-order valence-electron chi connectivity index (χ0n) is 14.5. The smallest absolute Gasteiger partial charge is 0.407 e. The van der Waals surface area contributed by atoms with E-state index in [1.807, 2.05) is 0 Å². The minimum Gasteiger partial charge on any atom is -0.465 e. The van der Waals surface area contributed by atoms with Gasteiger partial charge in [-0.25, -0.2) is 9.79 Å². The Morgan fingerprint density at radius 3 is 2.54 bits per heavy atom. The van der Waals surface area contributed by atoms with Crippen molar-refractivity contribution < 1.29 is 14.7 Å². The van der Waals surface area contributed by atoms with Crippen LogP contribution in [0.2, 0.25) is 0 Å². The van der Waals surface area contributed by atoms with Gasteiger partial charge in [-0.3, -0.25) is 10.1 Å². The van der Waals surface area contributed by atoms with Crippen molar-refractivity contribution in [3.63, 3.8) is 0 Å². The third-order valence-electron chi connectivity index (χ3n) is 5.71. The minimum absolute atomic E-state index is 0.0596. The van der Waals surface area contributed by atoms with E-state index in [1.165, 1.54) is 24.2 Å². The van der Waals surface area contributed by atoms with E-state index in [-0.39, 0.29) is 5.91 Å². The SMILES string of the molecule is CCCCC1CCN(C2=NC3(CCN(C(=O)O)CC3)C(=O)N2)CC1. The average molecular weight is 336 g/mol. The fourth-order valence-corrected chi connectivity index (χ4v) is 3.98. The van der Waals surface area contributed by atoms with Gasteiger partial charge >= 0.3 is 6.09 Å². The normalized spacial score (nSPS) is 24.2. The van der Waals surface area contributed by atoms with Gasteiger partial charge < -0.3 is 14.9 Å². The van der Waals surface area contributed by atoms with Gasteiger partial charge in [0.25, 0.3) is 5.91 Å². The number of amides is 2. The van der Waals surface area contributed by atoms with E-state index in [0.717, 1.165) is 31.8 Å². The van der Waals surface area contributed by atoms with Crippen LogP contribution in [-0.2, 0) is 4.79 Å². The Kier molecular flexibility index (Phi) is 4.96. The van der Waals surface area contributed by atoms with Crippen LogP contribution in [0.5, 0.6) is 0 Å². The lowest BCUT2D eigenvalue weighted by Gasteiger charge is -2.34. The number of guanidine groups is 1. The molecule has 3 aliphatic heterocycles. The van der Waals surface area contributed by atoms with Crippen LogP contribution in [0.15, 0.2) is 4.99 Å². The van der Waals surface area contributed by atoms with Gasteiger partial charge in [0.05, 0.1) is 0 Å². The molecule has 0 radical (unpaired) electrons. The van der Waals surface area contributed by atoms with E-state index in [0.29, 0.717) is 31.9 Å². The number of carbonyl (C=O) groups is 2. The lowest BCUT2D eigenvalue weighted by molar-refractivity contribution is -0.125. The number of rotatable bonds is 3. The van der Waals surface area contributed by atoms with Gasteiger partial charge in [0.15, 0.2) is 0 Å². The van der Waals surface area contributed by atoms with E-state index in [9.17, 15) is 9.59 Å². The number of hydrogen-bond donors (Lipinski definition) is 2. The van der Waals surface area contributed by atoms with Crippen molar-refractivity contribution in [2.45, 2.75) is 57.4 Å². The first kappa shape index (κ1) is 17.0. The van der Waals surface area contributed by atoms with Crippen molar-refractivity contribution in [3.05, 3.63) is 0 Å². The number of aliphatic imine (C=N–C) groups is 1. The molecule has 2 saturated heterocycles. The molecule has 1 spiro atoms. The fourth-order valence-electron chi connectivity index (χ4n) is 3.98. The van der Waals surface area contributed by atoms with Crippen molar-refractivity contribution in [3.8, 4) is 0 Å². The molecule has 2 N–H and O–H groups in total. The number of piperidine rings is 2. The third kappa shape index (κ3) is 3.35. The molecule has 0 aromatic carbocycles. The van der Waals surface area contributed by atoms with Gasteiger partial charge in [0, 0.05) is 26.2 Å².